The average Bonchev–Trinajstić information content (AvgIpc) is 2.58. The molecule has 2 unspecified atom stereocenters. The number of nitrogens with one attached hydrogen (secondary N) is 2. The van der Waals surface area contributed by atoms with Crippen molar-refractivity contribution in [1.29, 1.82) is 0 Å². The summed E-state index contributed by atoms with van der Waals surface area (Å²) in [7, 11) is 0. The van der Waals surface area contributed by atoms with Gasteiger partial charge >= 0.3 is 6.03 Å². The molecule has 0 aromatic heterocycles. The van der Waals surface area contributed by atoms with Crippen molar-refractivity contribution in [3.05, 3.63) is 29.3 Å². The smallest absolute Gasteiger partial charge is 0.321 e. The summed E-state index contributed by atoms with van der Waals surface area (Å²) in [5.41, 5.74) is 0.972. The van der Waals surface area contributed by atoms with Gasteiger partial charge < -0.3 is 15.1 Å². The van der Waals surface area contributed by atoms with Gasteiger partial charge in [-0.05, 0) is 19.1 Å². The summed E-state index contributed by atoms with van der Waals surface area (Å²) in [6.07, 6.45) is 0.0966. The lowest BCUT2D eigenvalue weighted by Gasteiger charge is -2.37. The minimum atomic E-state index is -0.535. The number of hydrogen-bond donors (Lipinski definition) is 2. The Morgan fingerprint density at radius 3 is 2.52 bits per heavy atom. The highest BCUT2D eigenvalue weighted by Gasteiger charge is 2.35. The van der Waals surface area contributed by atoms with E-state index < -0.39 is 11.9 Å². The summed E-state index contributed by atoms with van der Waals surface area (Å²) < 4.78 is 0. The van der Waals surface area contributed by atoms with Gasteiger partial charge in [0.05, 0.1) is 16.6 Å². The van der Waals surface area contributed by atoms with Crippen molar-refractivity contribution in [2.45, 2.75) is 19.4 Å². The Morgan fingerprint density at radius 2 is 1.88 bits per heavy atom. The normalized spacial score (nSPS) is 23.9. The van der Waals surface area contributed by atoms with Crippen molar-refractivity contribution in [3.63, 3.8) is 0 Å². The molecule has 0 bridgehead atoms. The Bertz CT molecular complexity index is 688. The van der Waals surface area contributed by atoms with Crippen LogP contribution in [0.3, 0.4) is 0 Å². The molecular formula is C17H21ClN4O3. The number of amides is 4. The molecule has 2 N–H and O–H groups in total. The molecule has 4 amide bonds. The number of piperazine rings is 1. The predicted molar refractivity (Wildman–Crippen MR) is 94.5 cm³/mol. The zero-order chi connectivity index (χ0) is 18.0. The van der Waals surface area contributed by atoms with Gasteiger partial charge in [-0.15, -0.1) is 0 Å². The number of urea groups is 1. The van der Waals surface area contributed by atoms with Gasteiger partial charge in [0.2, 0.25) is 11.8 Å². The first kappa shape index (κ1) is 17.5. The van der Waals surface area contributed by atoms with Gasteiger partial charge in [0.25, 0.3) is 0 Å². The van der Waals surface area contributed by atoms with Crippen LogP contribution in [0.2, 0.25) is 5.02 Å². The molecule has 0 saturated carbocycles. The third kappa shape index (κ3) is 3.87. The summed E-state index contributed by atoms with van der Waals surface area (Å²) in [4.78, 5) is 39.7. The van der Waals surface area contributed by atoms with Gasteiger partial charge in [0.15, 0.2) is 0 Å². The number of carbonyl (C=O) groups is 3. The molecule has 0 radical (unpaired) electrons. The maximum atomic E-state index is 12.5. The molecule has 2 fully saturated rings. The first-order valence-corrected chi connectivity index (χ1v) is 8.72. The highest BCUT2D eigenvalue weighted by atomic mass is 35.5. The Labute approximate surface area is 151 Å². The van der Waals surface area contributed by atoms with Gasteiger partial charge in [-0.1, -0.05) is 23.7 Å². The van der Waals surface area contributed by atoms with E-state index in [0.29, 0.717) is 31.2 Å². The summed E-state index contributed by atoms with van der Waals surface area (Å²) in [5, 5.41) is 5.56. The second-order valence-corrected chi connectivity index (χ2v) is 6.79. The highest BCUT2D eigenvalue weighted by molar-refractivity contribution is 6.33. The number of halogens is 1. The zero-order valence-corrected chi connectivity index (χ0v) is 14.8. The van der Waals surface area contributed by atoms with E-state index in [4.69, 9.17) is 11.6 Å². The number of imide groups is 1. The molecule has 8 heteroatoms. The molecule has 2 aliphatic heterocycles. The predicted octanol–water partition coefficient (Wildman–Crippen LogP) is 1.22. The molecule has 2 saturated heterocycles. The number of para-hydroxylation sites is 1. The van der Waals surface area contributed by atoms with E-state index in [9.17, 15) is 14.4 Å². The fourth-order valence-electron chi connectivity index (χ4n) is 3.27. The Morgan fingerprint density at radius 1 is 1.20 bits per heavy atom. The van der Waals surface area contributed by atoms with Crippen LogP contribution in [-0.4, -0.2) is 55.0 Å². The fourth-order valence-corrected chi connectivity index (χ4v) is 3.52. The van der Waals surface area contributed by atoms with Crippen molar-refractivity contribution < 1.29 is 14.4 Å². The maximum Gasteiger partial charge on any atom is 0.321 e. The first-order chi connectivity index (χ1) is 12.0. The molecule has 3 rings (SSSR count). The van der Waals surface area contributed by atoms with Gasteiger partial charge in [-0.3, -0.25) is 14.9 Å². The van der Waals surface area contributed by atoms with Crippen molar-refractivity contribution >= 4 is 35.1 Å². The molecule has 0 spiro atoms. The lowest BCUT2D eigenvalue weighted by molar-refractivity contribution is -0.137. The maximum absolute atomic E-state index is 12.5. The molecule has 134 valence electrons. The number of benzene rings is 1. The summed E-state index contributed by atoms with van der Waals surface area (Å²) in [6, 6.07) is 6.79. The van der Waals surface area contributed by atoms with E-state index in [1.807, 2.05) is 24.3 Å². The quantitative estimate of drug-likeness (QED) is 0.845. The van der Waals surface area contributed by atoms with Crippen LogP contribution in [0.1, 0.15) is 13.3 Å². The molecule has 1 aromatic carbocycles. The molecule has 2 aliphatic rings. The number of carbonyl (C=O) groups excluding carboxylic acids is 3. The SMILES string of the molecule is CC1NC(=O)NC(=O)C1CC(=O)N1CCN(c2ccccc2Cl)CC1. The van der Waals surface area contributed by atoms with E-state index in [-0.39, 0.29) is 24.3 Å². The fraction of sp³-hybridized carbons (Fsp3) is 0.471. The Kier molecular flexibility index (Phi) is 5.13. The number of rotatable bonds is 3. The van der Waals surface area contributed by atoms with Crippen LogP contribution in [-0.2, 0) is 9.59 Å². The topological polar surface area (TPSA) is 81.8 Å². The van der Waals surface area contributed by atoms with Crippen LogP contribution in [0.4, 0.5) is 10.5 Å². The molecule has 2 heterocycles. The van der Waals surface area contributed by atoms with Crippen LogP contribution < -0.4 is 15.5 Å². The summed E-state index contributed by atoms with van der Waals surface area (Å²) >= 11 is 6.23. The average molecular weight is 365 g/mol. The van der Waals surface area contributed by atoms with Crippen molar-refractivity contribution in [1.82, 2.24) is 15.5 Å². The molecule has 1 aromatic rings. The van der Waals surface area contributed by atoms with Crippen LogP contribution in [0.5, 0.6) is 0 Å². The van der Waals surface area contributed by atoms with Gasteiger partial charge in [0, 0.05) is 38.6 Å². The van der Waals surface area contributed by atoms with E-state index in [1.54, 1.807) is 11.8 Å². The standard InChI is InChI=1S/C17H21ClN4O3/c1-11-12(16(24)20-17(25)19-11)10-15(23)22-8-6-21(7-9-22)14-5-3-2-4-13(14)18/h2-5,11-12H,6-10H2,1H3,(H2,19,20,24,25). The van der Waals surface area contributed by atoms with Crippen LogP contribution in [0.15, 0.2) is 24.3 Å². The third-order valence-electron chi connectivity index (χ3n) is 4.76. The molecule has 0 aliphatic carbocycles. The van der Waals surface area contributed by atoms with Crippen LogP contribution in [0, 0.1) is 5.92 Å². The van der Waals surface area contributed by atoms with E-state index in [0.717, 1.165) is 5.69 Å². The molecule has 7 nitrogen and oxygen atoms in total. The second-order valence-electron chi connectivity index (χ2n) is 6.38. The minimum Gasteiger partial charge on any atom is -0.367 e. The molecule has 2 atom stereocenters. The monoisotopic (exact) mass is 364 g/mol. The Hall–Kier alpha value is -2.28. The van der Waals surface area contributed by atoms with Crippen LogP contribution in [0.25, 0.3) is 0 Å². The summed E-state index contributed by atoms with van der Waals surface area (Å²) in [5.74, 6) is -0.993. The molecule has 25 heavy (non-hydrogen) atoms. The zero-order valence-electron chi connectivity index (χ0n) is 14.0. The van der Waals surface area contributed by atoms with E-state index in [1.165, 1.54) is 0 Å². The molecular weight excluding hydrogens is 344 g/mol. The number of hydrogen-bond acceptors (Lipinski definition) is 4. The van der Waals surface area contributed by atoms with Crippen LogP contribution >= 0.6 is 11.6 Å². The minimum absolute atomic E-state index is 0.0676. The third-order valence-corrected chi connectivity index (χ3v) is 5.08. The van der Waals surface area contributed by atoms with Crippen molar-refractivity contribution in [2.75, 3.05) is 31.1 Å². The highest BCUT2D eigenvalue weighted by Crippen LogP contribution is 2.26. The second kappa shape index (κ2) is 7.31. The lowest BCUT2D eigenvalue weighted by Crippen LogP contribution is -2.58. The van der Waals surface area contributed by atoms with Crippen molar-refractivity contribution in [3.8, 4) is 0 Å². The van der Waals surface area contributed by atoms with Gasteiger partial charge in [0.1, 0.15) is 0 Å². The Balaban J connectivity index is 1.56. The first-order valence-electron chi connectivity index (χ1n) is 8.34. The number of anilines is 1. The van der Waals surface area contributed by atoms with E-state index in [2.05, 4.69) is 15.5 Å². The largest absolute Gasteiger partial charge is 0.367 e. The lowest BCUT2D eigenvalue weighted by atomic mass is 9.94. The van der Waals surface area contributed by atoms with E-state index >= 15 is 0 Å². The summed E-state index contributed by atoms with van der Waals surface area (Å²) in [6.45, 7) is 4.29. The van der Waals surface area contributed by atoms with Crippen molar-refractivity contribution in [2.24, 2.45) is 5.92 Å². The number of nitrogens with zero attached hydrogens (tertiary/aromatic N) is 2. The van der Waals surface area contributed by atoms with Gasteiger partial charge in [-0.2, -0.15) is 0 Å². The van der Waals surface area contributed by atoms with Gasteiger partial charge in [-0.25, -0.2) is 4.79 Å².